The SMILES string of the molecule is CCOc1ccc(CNC(=O)N2CCC(C)(CO)CC2)cc1C. The van der Waals surface area contributed by atoms with Crippen molar-refractivity contribution in [1.82, 2.24) is 10.2 Å². The van der Waals surface area contributed by atoms with Crippen molar-refractivity contribution in [3.63, 3.8) is 0 Å². The van der Waals surface area contributed by atoms with Crippen molar-refractivity contribution in [1.29, 1.82) is 0 Å². The lowest BCUT2D eigenvalue weighted by molar-refractivity contribution is 0.0700. The predicted octanol–water partition coefficient (Wildman–Crippen LogP) is 2.70. The predicted molar refractivity (Wildman–Crippen MR) is 90.6 cm³/mol. The maximum Gasteiger partial charge on any atom is 0.317 e. The number of aliphatic hydroxyl groups excluding tert-OH is 1. The number of carbonyl (C=O) groups is 1. The summed E-state index contributed by atoms with van der Waals surface area (Å²) >= 11 is 0. The van der Waals surface area contributed by atoms with Gasteiger partial charge in [0, 0.05) is 26.2 Å². The molecule has 0 radical (unpaired) electrons. The molecule has 1 heterocycles. The fraction of sp³-hybridized carbons (Fsp3) is 0.611. The van der Waals surface area contributed by atoms with E-state index in [1.165, 1.54) is 0 Å². The number of urea groups is 1. The highest BCUT2D eigenvalue weighted by Gasteiger charge is 2.31. The molecule has 0 aliphatic carbocycles. The summed E-state index contributed by atoms with van der Waals surface area (Å²) in [7, 11) is 0. The molecule has 2 rings (SSSR count). The Morgan fingerprint density at radius 1 is 1.39 bits per heavy atom. The van der Waals surface area contributed by atoms with Crippen molar-refractivity contribution >= 4 is 6.03 Å². The first-order chi connectivity index (χ1) is 11.0. The maximum atomic E-state index is 12.3. The molecule has 2 amide bonds. The molecule has 23 heavy (non-hydrogen) atoms. The van der Waals surface area contributed by atoms with Gasteiger partial charge in [-0.1, -0.05) is 19.1 Å². The van der Waals surface area contributed by atoms with Gasteiger partial charge < -0.3 is 20.1 Å². The molecule has 2 N–H and O–H groups in total. The van der Waals surface area contributed by atoms with Crippen molar-refractivity contribution in [3.8, 4) is 5.75 Å². The van der Waals surface area contributed by atoms with Gasteiger partial charge >= 0.3 is 6.03 Å². The first-order valence-electron chi connectivity index (χ1n) is 8.33. The van der Waals surface area contributed by atoms with Crippen LogP contribution in [0.3, 0.4) is 0 Å². The van der Waals surface area contributed by atoms with Crippen LogP contribution in [0.2, 0.25) is 0 Å². The lowest BCUT2D eigenvalue weighted by Gasteiger charge is -2.38. The summed E-state index contributed by atoms with van der Waals surface area (Å²) in [6.45, 7) is 8.80. The number of amides is 2. The summed E-state index contributed by atoms with van der Waals surface area (Å²) in [5.41, 5.74) is 2.11. The number of nitrogens with zero attached hydrogens (tertiary/aromatic N) is 1. The minimum absolute atomic E-state index is 0.0310. The average Bonchev–Trinajstić information content (AvgIpc) is 2.56. The van der Waals surface area contributed by atoms with Gasteiger partial charge in [-0.3, -0.25) is 0 Å². The van der Waals surface area contributed by atoms with E-state index in [9.17, 15) is 9.90 Å². The Labute approximate surface area is 138 Å². The molecule has 5 nitrogen and oxygen atoms in total. The number of nitrogens with one attached hydrogen (secondary N) is 1. The standard InChI is InChI=1S/C18H28N2O3/c1-4-23-16-6-5-15(11-14(16)2)12-19-17(22)20-9-7-18(3,13-21)8-10-20/h5-6,11,21H,4,7-10,12-13H2,1-3H3,(H,19,22). The zero-order chi connectivity index (χ0) is 16.9. The lowest BCUT2D eigenvalue weighted by Crippen LogP contribution is -2.47. The van der Waals surface area contributed by atoms with Crippen LogP contribution in [-0.4, -0.2) is 42.3 Å². The van der Waals surface area contributed by atoms with Gasteiger partial charge in [-0.15, -0.1) is 0 Å². The van der Waals surface area contributed by atoms with Gasteiger partial charge in [0.2, 0.25) is 0 Å². The molecule has 0 bridgehead atoms. The molecule has 128 valence electrons. The van der Waals surface area contributed by atoms with Crippen LogP contribution >= 0.6 is 0 Å². The van der Waals surface area contributed by atoms with Crippen LogP contribution in [0, 0.1) is 12.3 Å². The van der Waals surface area contributed by atoms with E-state index in [0.717, 1.165) is 29.7 Å². The molecule has 5 heteroatoms. The topological polar surface area (TPSA) is 61.8 Å². The van der Waals surface area contributed by atoms with Crippen LogP contribution in [0.4, 0.5) is 4.79 Å². The van der Waals surface area contributed by atoms with Crippen LogP contribution in [0.1, 0.15) is 37.8 Å². The van der Waals surface area contributed by atoms with Gasteiger partial charge in [0.05, 0.1) is 6.61 Å². The van der Waals surface area contributed by atoms with E-state index >= 15 is 0 Å². The number of rotatable bonds is 5. The molecule has 1 saturated heterocycles. The smallest absolute Gasteiger partial charge is 0.317 e. The first-order valence-corrected chi connectivity index (χ1v) is 8.33. The third kappa shape index (κ3) is 4.61. The number of aryl methyl sites for hydroxylation is 1. The Bertz CT molecular complexity index is 537. The minimum atomic E-state index is -0.0387. The largest absolute Gasteiger partial charge is 0.494 e. The summed E-state index contributed by atoms with van der Waals surface area (Å²) < 4.78 is 5.53. The van der Waals surface area contributed by atoms with Crippen molar-refractivity contribution < 1.29 is 14.6 Å². The molecule has 1 aliphatic rings. The Balaban J connectivity index is 1.84. The highest BCUT2D eigenvalue weighted by Crippen LogP contribution is 2.29. The lowest BCUT2D eigenvalue weighted by atomic mass is 9.81. The van der Waals surface area contributed by atoms with Crippen LogP contribution in [0.5, 0.6) is 5.75 Å². The second-order valence-corrected chi connectivity index (χ2v) is 6.65. The van der Waals surface area contributed by atoms with E-state index in [0.29, 0.717) is 26.2 Å². The molecule has 0 spiro atoms. The Kier molecular flexibility index (Phi) is 5.88. The molecule has 0 aromatic heterocycles. The Morgan fingerprint density at radius 3 is 2.65 bits per heavy atom. The van der Waals surface area contributed by atoms with Crippen molar-refractivity contribution in [3.05, 3.63) is 29.3 Å². The van der Waals surface area contributed by atoms with E-state index in [1.54, 1.807) is 0 Å². The molecular formula is C18H28N2O3. The maximum absolute atomic E-state index is 12.3. The second kappa shape index (κ2) is 7.68. The van der Waals surface area contributed by atoms with Crippen LogP contribution < -0.4 is 10.1 Å². The number of hydrogen-bond donors (Lipinski definition) is 2. The number of hydrogen-bond acceptors (Lipinski definition) is 3. The average molecular weight is 320 g/mol. The number of benzene rings is 1. The van der Waals surface area contributed by atoms with Crippen LogP contribution in [-0.2, 0) is 6.54 Å². The molecule has 0 atom stereocenters. The number of carbonyl (C=O) groups excluding carboxylic acids is 1. The van der Waals surface area contributed by atoms with Gasteiger partial charge in [-0.05, 0) is 49.3 Å². The summed E-state index contributed by atoms with van der Waals surface area (Å²) in [5, 5.41) is 12.4. The van der Waals surface area contributed by atoms with Crippen molar-refractivity contribution in [2.75, 3.05) is 26.3 Å². The van der Waals surface area contributed by atoms with Crippen LogP contribution in [0.15, 0.2) is 18.2 Å². The van der Waals surface area contributed by atoms with Gasteiger partial charge in [0.25, 0.3) is 0 Å². The quantitative estimate of drug-likeness (QED) is 0.877. The molecular weight excluding hydrogens is 292 g/mol. The zero-order valence-electron chi connectivity index (χ0n) is 14.4. The van der Waals surface area contributed by atoms with Crippen LogP contribution in [0.25, 0.3) is 0 Å². The van der Waals surface area contributed by atoms with E-state index in [4.69, 9.17) is 4.74 Å². The van der Waals surface area contributed by atoms with E-state index < -0.39 is 0 Å². The van der Waals surface area contributed by atoms with Gasteiger partial charge in [0.15, 0.2) is 0 Å². The summed E-state index contributed by atoms with van der Waals surface area (Å²) in [6, 6.07) is 5.95. The van der Waals surface area contributed by atoms with E-state index in [1.807, 2.05) is 36.9 Å². The van der Waals surface area contributed by atoms with Gasteiger partial charge in [-0.2, -0.15) is 0 Å². The van der Waals surface area contributed by atoms with E-state index in [2.05, 4.69) is 12.2 Å². The first kappa shape index (κ1) is 17.6. The molecule has 1 aromatic rings. The van der Waals surface area contributed by atoms with Crippen molar-refractivity contribution in [2.24, 2.45) is 5.41 Å². The molecule has 1 aromatic carbocycles. The Morgan fingerprint density at radius 2 is 2.09 bits per heavy atom. The monoisotopic (exact) mass is 320 g/mol. The third-order valence-electron chi connectivity index (χ3n) is 4.62. The normalized spacial score (nSPS) is 17.0. The highest BCUT2D eigenvalue weighted by molar-refractivity contribution is 5.74. The molecule has 1 fully saturated rings. The fourth-order valence-corrected chi connectivity index (χ4v) is 2.84. The Hall–Kier alpha value is -1.75. The molecule has 0 unspecified atom stereocenters. The minimum Gasteiger partial charge on any atom is -0.494 e. The van der Waals surface area contributed by atoms with Crippen molar-refractivity contribution in [2.45, 2.75) is 40.2 Å². The summed E-state index contributed by atoms with van der Waals surface area (Å²) in [5.74, 6) is 0.891. The highest BCUT2D eigenvalue weighted by atomic mass is 16.5. The zero-order valence-corrected chi connectivity index (χ0v) is 14.4. The molecule has 1 aliphatic heterocycles. The third-order valence-corrected chi connectivity index (χ3v) is 4.62. The summed E-state index contributed by atoms with van der Waals surface area (Å²) in [4.78, 5) is 14.1. The summed E-state index contributed by atoms with van der Waals surface area (Å²) in [6.07, 6.45) is 1.69. The van der Waals surface area contributed by atoms with Gasteiger partial charge in [-0.25, -0.2) is 4.79 Å². The number of likely N-dealkylation sites (tertiary alicyclic amines) is 1. The van der Waals surface area contributed by atoms with E-state index in [-0.39, 0.29) is 18.1 Å². The number of ether oxygens (including phenoxy) is 1. The second-order valence-electron chi connectivity index (χ2n) is 6.65. The number of piperidine rings is 1. The molecule has 0 saturated carbocycles. The fourth-order valence-electron chi connectivity index (χ4n) is 2.84. The van der Waals surface area contributed by atoms with Gasteiger partial charge in [0.1, 0.15) is 5.75 Å². The number of aliphatic hydroxyl groups is 1.